The van der Waals surface area contributed by atoms with Crippen LogP contribution in [0, 0.1) is 11.8 Å². The van der Waals surface area contributed by atoms with Crippen molar-refractivity contribution >= 4 is 17.6 Å². The van der Waals surface area contributed by atoms with Crippen LogP contribution in [-0.2, 0) is 6.42 Å². The van der Waals surface area contributed by atoms with Crippen LogP contribution in [-0.4, -0.2) is 36.9 Å². The average Bonchev–Trinajstić information content (AvgIpc) is 3.36. The molecule has 0 aliphatic carbocycles. The highest BCUT2D eigenvalue weighted by molar-refractivity contribution is 8.03. The van der Waals surface area contributed by atoms with Gasteiger partial charge in [-0.15, -0.1) is 0 Å². The van der Waals surface area contributed by atoms with E-state index in [1.54, 1.807) is 0 Å². The SMILES string of the molecule is CCCC#Cc1ccc(-c2ccc(CCN)cc2)c(SC2=CC(N3CCCC3)=NNC2)c1. The summed E-state index contributed by atoms with van der Waals surface area (Å²) in [7, 11) is 0. The lowest BCUT2D eigenvalue weighted by molar-refractivity contribution is 0.513. The summed E-state index contributed by atoms with van der Waals surface area (Å²) in [6.45, 7) is 5.78. The predicted molar refractivity (Wildman–Crippen MR) is 137 cm³/mol. The third-order valence-corrected chi connectivity index (χ3v) is 6.78. The summed E-state index contributed by atoms with van der Waals surface area (Å²) >= 11 is 1.82. The van der Waals surface area contributed by atoms with E-state index in [0.29, 0.717) is 6.54 Å². The van der Waals surface area contributed by atoms with Crippen molar-refractivity contribution in [1.29, 1.82) is 0 Å². The third-order valence-electron chi connectivity index (χ3n) is 5.70. The van der Waals surface area contributed by atoms with Gasteiger partial charge in [-0.2, -0.15) is 5.10 Å². The maximum atomic E-state index is 5.72. The second kappa shape index (κ2) is 11.3. The van der Waals surface area contributed by atoms with Gasteiger partial charge in [0.15, 0.2) is 0 Å². The quantitative estimate of drug-likeness (QED) is 0.616. The Balaban J connectivity index is 1.64. The van der Waals surface area contributed by atoms with Crippen LogP contribution in [0.4, 0.5) is 0 Å². The van der Waals surface area contributed by atoms with Crippen LogP contribution >= 0.6 is 11.8 Å². The molecule has 166 valence electrons. The summed E-state index contributed by atoms with van der Waals surface area (Å²) in [6.07, 6.45) is 7.66. The van der Waals surface area contributed by atoms with Crippen molar-refractivity contribution in [3.8, 4) is 23.0 Å². The zero-order chi connectivity index (χ0) is 22.2. The van der Waals surface area contributed by atoms with Gasteiger partial charge in [-0.1, -0.05) is 60.9 Å². The summed E-state index contributed by atoms with van der Waals surface area (Å²) in [5.41, 5.74) is 13.8. The lowest BCUT2D eigenvalue weighted by Crippen LogP contribution is -2.31. The van der Waals surface area contributed by atoms with Gasteiger partial charge in [-0.05, 0) is 67.1 Å². The Morgan fingerprint density at radius 1 is 1.12 bits per heavy atom. The number of nitrogens with two attached hydrogens (primary N) is 1. The first-order valence-corrected chi connectivity index (χ1v) is 12.4. The van der Waals surface area contributed by atoms with E-state index >= 15 is 0 Å². The van der Waals surface area contributed by atoms with Crippen LogP contribution in [0.5, 0.6) is 0 Å². The minimum absolute atomic E-state index is 0.674. The summed E-state index contributed by atoms with van der Waals surface area (Å²) in [4.78, 5) is 4.88. The Labute approximate surface area is 196 Å². The van der Waals surface area contributed by atoms with E-state index in [-0.39, 0.29) is 0 Å². The standard InChI is InChI=1S/C27H32N4S/c1-2-3-4-7-22-10-13-25(23-11-8-21(9-12-23)14-15-28)26(18-22)32-24-19-27(30-29-20-24)31-16-5-6-17-31/h8-13,18-19,29H,2-3,5-6,14-17,20,28H2,1H3. The number of nitrogens with zero attached hydrogens (tertiary/aromatic N) is 2. The van der Waals surface area contributed by atoms with E-state index in [2.05, 4.69) is 82.7 Å². The first kappa shape index (κ1) is 22.5. The summed E-state index contributed by atoms with van der Waals surface area (Å²) < 4.78 is 0. The van der Waals surface area contributed by atoms with Crippen LogP contribution in [0.15, 0.2) is 63.4 Å². The monoisotopic (exact) mass is 444 g/mol. The molecule has 2 aliphatic heterocycles. The highest BCUT2D eigenvalue weighted by Gasteiger charge is 2.19. The molecule has 0 bridgehead atoms. The molecule has 4 rings (SSSR count). The van der Waals surface area contributed by atoms with Crippen LogP contribution in [0.1, 0.15) is 43.7 Å². The molecule has 5 heteroatoms. The molecule has 32 heavy (non-hydrogen) atoms. The fourth-order valence-corrected chi connectivity index (χ4v) is 5.04. The summed E-state index contributed by atoms with van der Waals surface area (Å²) in [5.74, 6) is 7.68. The zero-order valence-corrected chi connectivity index (χ0v) is 19.7. The van der Waals surface area contributed by atoms with Gasteiger partial charge >= 0.3 is 0 Å². The van der Waals surface area contributed by atoms with Crippen molar-refractivity contribution in [3.63, 3.8) is 0 Å². The van der Waals surface area contributed by atoms with E-state index in [1.807, 2.05) is 11.8 Å². The Morgan fingerprint density at radius 2 is 1.94 bits per heavy atom. The molecule has 0 radical (unpaired) electrons. The minimum atomic E-state index is 0.674. The van der Waals surface area contributed by atoms with Gasteiger partial charge in [0.05, 0.1) is 6.54 Å². The molecule has 0 aromatic heterocycles. The van der Waals surface area contributed by atoms with Crippen molar-refractivity contribution in [1.82, 2.24) is 10.3 Å². The van der Waals surface area contributed by atoms with Crippen LogP contribution < -0.4 is 11.2 Å². The Kier molecular flexibility index (Phi) is 7.92. The summed E-state index contributed by atoms with van der Waals surface area (Å²) in [5, 5.41) is 4.55. The minimum Gasteiger partial charge on any atom is -0.355 e. The lowest BCUT2D eigenvalue weighted by atomic mass is 10.0. The molecular formula is C27H32N4S. The highest BCUT2D eigenvalue weighted by atomic mass is 32.2. The van der Waals surface area contributed by atoms with Gasteiger partial charge < -0.3 is 16.1 Å². The first-order valence-electron chi connectivity index (χ1n) is 11.6. The molecule has 1 fully saturated rings. The molecule has 0 spiro atoms. The fourth-order valence-electron chi connectivity index (χ4n) is 3.97. The Hall–Kier alpha value is -2.68. The summed E-state index contributed by atoms with van der Waals surface area (Å²) in [6, 6.07) is 15.4. The Morgan fingerprint density at radius 3 is 2.69 bits per heavy atom. The molecular weight excluding hydrogens is 412 g/mol. The van der Waals surface area contributed by atoms with Gasteiger partial charge in [0, 0.05) is 34.9 Å². The number of benzene rings is 2. The lowest BCUT2D eigenvalue weighted by Gasteiger charge is -2.22. The smallest absolute Gasteiger partial charge is 0.149 e. The first-order chi connectivity index (χ1) is 15.8. The van der Waals surface area contributed by atoms with Crippen LogP contribution in [0.2, 0.25) is 0 Å². The van der Waals surface area contributed by atoms with Gasteiger partial charge in [0.1, 0.15) is 5.84 Å². The molecule has 4 nitrogen and oxygen atoms in total. The third kappa shape index (κ3) is 5.76. The van der Waals surface area contributed by atoms with Crippen LogP contribution in [0.3, 0.4) is 0 Å². The molecule has 0 amide bonds. The van der Waals surface area contributed by atoms with Crippen molar-refractivity contribution < 1.29 is 0 Å². The number of unbranched alkanes of at least 4 members (excludes halogenated alkanes) is 1. The average molecular weight is 445 g/mol. The second-order valence-electron chi connectivity index (χ2n) is 8.21. The van der Waals surface area contributed by atoms with Crippen LogP contribution in [0.25, 0.3) is 11.1 Å². The molecule has 1 saturated heterocycles. The van der Waals surface area contributed by atoms with Gasteiger partial charge in [-0.3, -0.25) is 0 Å². The zero-order valence-electron chi connectivity index (χ0n) is 18.9. The van der Waals surface area contributed by atoms with Crippen molar-refractivity contribution in [2.45, 2.75) is 43.9 Å². The predicted octanol–water partition coefficient (Wildman–Crippen LogP) is 4.99. The van der Waals surface area contributed by atoms with E-state index in [1.165, 1.54) is 39.3 Å². The Bertz CT molecular complexity index is 1040. The van der Waals surface area contributed by atoms with Crippen molar-refractivity contribution in [2.75, 3.05) is 26.2 Å². The fraction of sp³-hybridized carbons (Fsp3) is 0.370. The maximum absolute atomic E-state index is 5.72. The van der Waals surface area contributed by atoms with Crippen molar-refractivity contribution in [3.05, 3.63) is 64.6 Å². The number of nitrogens with one attached hydrogen (secondary N) is 1. The maximum Gasteiger partial charge on any atom is 0.149 e. The van der Waals surface area contributed by atoms with Gasteiger partial charge in [0.2, 0.25) is 0 Å². The molecule has 3 N–H and O–H groups in total. The largest absolute Gasteiger partial charge is 0.355 e. The number of rotatable bonds is 6. The van der Waals surface area contributed by atoms with E-state index in [9.17, 15) is 0 Å². The number of thioether (sulfide) groups is 1. The van der Waals surface area contributed by atoms with Gasteiger partial charge in [0.25, 0.3) is 0 Å². The molecule has 2 aromatic rings. The molecule has 2 aliphatic rings. The molecule has 2 aromatic carbocycles. The number of hydrazone groups is 1. The molecule has 0 saturated carbocycles. The molecule has 0 unspecified atom stereocenters. The van der Waals surface area contributed by atoms with Crippen molar-refractivity contribution in [2.24, 2.45) is 10.8 Å². The van der Waals surface area contributed by atoms with E-state index in [4.69, 9.17) is 5.73 Å². The van der Waals surface area contributed by atoms with Gasteiger partial charge in [-0.25, -0.2) is 0 Å². The molecule has 0 atom stereocenters. The highest BCUT2D eigenvalue weighted by Crippen LogP contribution is 2.37. The van der Waals surface area contributed by atoms with E-state index < -0.39 is 0 Å². The second-order valence-corrected chi connectivity index (χ2v) is 9.38. The number of hydrogen-bond acceptors (Lipinski definition) is 5. The number of amidine groups is 1. The molecule has 2 heterocycles. The topological polar surface area (TPSA) is 53.6 Å². The number of hydrogen-bond donors (Lipinski definition) is 2. The van der Waals surface area contributed by atoms with E-state index in [0.717, 1.165) is 50.3 Å². The normalized spacial score (nSPS) is 15.5. The number of likely N-dealkylation sites (tertiary alicyclic amines) is 1.